The van der Waals surface area contributed by atoms with E-state index in [0.717, 1.165) is 17.7 Å². The molecule has 3 heterocycles. The van der Waals surface area contributed by atoms with Gasteiger partial charge in [-0.25, -0.2) is 0 Å². The zero-order chi connectivity index (χ0) is 15.4. The molecule has 0 saturated carbocycles. The Hall–Kier alpha value is -2.60. The number of hydrogen-bond donors (Lipinski definition) is 1. The fourth-order valence-corrected chi connectivity index (χ4v) is 2.19. The molecule has 0 fully saturated rings. The maximum Gasteiger partial charge on any atom is 0.244 e. The summed E-state index contributed by atoms with van der Waals surface area (Å²) in [6.07, 6.45) is 4.41. The highest BCUT2D eigenvalue weighted by Gasteiger charge is 2.16. The maximum absolute atomic E-state index is 5.30. The van der Waals surface area contributed by atoms with Gasteiger partial charge in [-0.2, -0.15) is 4.98 Å². The molecule has 0 saturated heterocycles. The lowest BCUT2D eigenvalue weighted by atomic mass is 10.2. The summed E-state index contributed by atoms with van der Waals surface area (Å²) in [7, 11) is 1.87. The highest BCUT2D eigenvalue weighted by Crippen LogP contribution is 2.21. The Kier molecular flexibility index (Phi) is 4.20. The first-order valence-corrected chi connectivity index (χ1v) is 7.20. The van der Waals surface area contributed by atoms with Gasteiger partial charge in [0.05, 0.1) is 11.7 Å². The molecular formula is C16H17N5O. The molecule has 1 N–H and O–H groups in total. The van der Waals surface area contributed by atoms with Crippen LogP contribution in [0.5, 0.6) is 0 Å². The van der Waals surface area contributed by atoms with Crippen LogP contribution in [0.2, 0.25) is 0 Å². The molecule has 3 aromatic heterocycles. The average Bonchev–Trinajstić information content (AvgIpc) is 3.07. The van der Waals surface area contributed by atoms with Crippen LogP contribution in [0.15, 0.2) is 47.2 Å². The summed E-state index contributed by atoms with van der Waals surface area (Å²) in [4.78, 5) is 13.1. The Balaban J connectivity index is 1.84. The van der Waals surface area contributed by atoms with Gasteiger partial charge in [-0.3, -0.25) is 9.97 Å². The molecule has 0 aliphatic heterocycles. The van der Waals surface area contributed by atoms with Crippen LogP contribution in [-0.2, 0) is 0 Å². The Morgan fingerprint density at radius 3 is 2.68 bits per heavy atom. The lowest BCUT2D eigenvalue weighted by Crippen LogP contribution is -2.15. The van der Waals surface area contributed by atoms with Gasteiger partial charge in [0.15, 0.2) is 0 Å². The smallest absolute Gasteiger partial charge is 0.244 e. The van der Waals surface area contributed by atoms with Crippen LogP contribution in [0.1, 0.15) is 25.3 Å². The van der Waals surface area contributed by atoms with Gasteiger partial charge in [0.2, 0.25) is 11.7 Å². The minimum Gasteiger partial charge on any atom is -0.337 e. The molecular weight excluding hydrogens is 278 g/mol. The van der Waals surface area contributed by atoms with Gasteiger partial charge >= 0.3 is 0 Å². The SMILES string of the molecule is CCC(NC)c1nc(-c2ccc(-c3ccccn3)cn2)no1. The number of rotatable bonds is 5. The van der Waals surface area contributed by atoms with E-state index in [2.05, 4.69) is 32.3 Å². The van der Waals surface area contributed by atoms with Crippen molar-refractivity contribution in [1.29, 1.82) is 0 Å². The first kappa shape index (κ1) is 14.3. The summed E-state index contributed by atoms with van der Waals surface area (Å²) < 4.78 is 5.30. The molecule has 6 heteroatoms. The minimum absolute atomic E-state index is 0.0639. The molecule has 0 aromatic carbocycles. The first-order valence-electron chi connectivity index (χ1n) is 7.20. The second-order valence-corrected chi connectivity index (χ2v) is 4.85. The van der Waals surface area contributed by atoms with Crippen LogP contribution in [0.25, 0.3) is 22.8 Å². The third-order valence-electron chi connectivity index (χ3n) is 3.45. The van der Waals surface area contributed by atoms with Crippen LogP contribution >= 0.6 is 0 Å². The summed E-state index contributed by atoms with van der Waals surface area (Å²) in [5.74, 6) is 1.08. The lowest BCUT2D eigenvalue weighted by molar-refractivity contribution is 0.334. The van der Waals surface area contributed by atoms with Gasteiger partial charge in [0.1, 0.15) is 5.69 Å². The summed E-state index contributed by atoms with van der Waals surface area (Å²) >= 11 is 0. The Morgan fingerprint density at radius 1 is 1.14 bits per heavy atom. The number of nitrogens with zero attached hydrogens (tertiary/aromatic N) is 4. The van der Waals surface area contributed by atoms with E-state index in [0.29, 0.717) is 17.4 Å². The Morgan fingerprint density at radius 2 is 2.05 bits per heavy atom. The van der Waals surface area contributed by atoms with Gasteiger partial charge in [0, 0.05) is 18.0 Å². The zero-order valence-electron chi connectivity index (χ0n) is 12.5. The fraction of sp³-hybridized carbons (Fsp3) is 0.250. The van der Waals surface area contributed by atoms with E-state index in [1.165, 1.54) is 0 Å². The van der Waals surface area contributed by atoms with Gasteiger partial charge < -0.3 is 9.84 Å². The van der Waals surface area contributed by atoms with Crippen molar-refractivity contribution in [2.45, 2.75) is 19.4 Å². The normalized spacial score (nSPS) is 12.3. The standard InChI is InChI=1S/C16H17N5O/c1-3-12(17-2)16-20-15(21-22-16)14-8-7-11(10-19-14)13-6-4-5-9-18-13/h4-10,12,17H,3H2,1-2H3. The highest BCUT2D eigenvalue weighted by atomic mass is 16.5. The van der Waals surface area contributed by atoms with E-state index in [1.54, 1.807) is 12.4 Å². The molecule has 0 radical (unpaired) electrons. The molecule has 0 spiro atoms. The lowest BCUT2D eigenvalue weighted by Gasteiger charge is -2.06. The van der Waals surface area contributed by atoms with Crippen LogP contribution in [0.4, 0.5) is 0 Å². The van der Waals surface area contributed by atoms with E-state index in [4.69, 9.17) is 4.52 Å². The summed E-state index contributed by atoms with van der Waals surface area (Å²) in [6, 6.07) is 9.67. The molecule has 0 amide bonds. The molecule has 22 heavy (non-hydrogen) atoms. The van der Waals surface area contributed by atoms with Crippen LogP contribution < -0.4 is 5.32 Å². The number of hydrogen-bond acceptors (Lipinski definition) is 6. The molecule has 0 bridgehead atoms. The molecule has 1 unspecified atom stereocenters. The van der Waals surface area contributed by atoms with Crippen LogP contribution in [-0.4, -0.2) is 27.2 Å². The van der Waals surface area contributed by atoms with Gasteiger partial charge in [-0.05, 0) is 37.7 Å². The molecule has 0 aliphatic carbocycles. The summed E-state index contributed by atoms with van der Waals surface area (Å²) in [5.41, 5.74) is 2.52. The van der Waals surface area contributed by atoms with E-state index in [1.807, 2.05) is 37.4 Å². The highest BCUT2D eigenvalue weighted by molar-refractivity contribution is 5.60. The van der Waals surface area contributed by atoms with Crippen molar-refractivity contribution in [2.24, 2.45) is 0 Å². The Labute approximate surface area is 128 Å². The molecule has 0 aliphatic rings. The predicted molar refractivity (Wildman–Crippen MR) is 82.9 cm³/mol. The topological polar surface area (TPSA) is 76.7 Å². The van der Waals surface area contributed by atoms with Crippen molar-refractivity contribution in [3.05, 3.63) is 48.6 Å². The van der Waals surface area contributed by atoms with E-state index in [-0.39, 0.29) is 6.04 Å². The molecule has 3 rings (SSSR count). The second-order valence-electron chi connectivity index (χ2n) is 4.85. The average molecular weight is 295 g/mol. The van der Waals surface area contributed by atoms with E-state index < -0.39 is 0 Å². The largest absolute Gasteiger partial charge is 0.337 e. The molecule has 112 valence electrons. The van der Waals surface area contributed by atoms with Crippen molar-refractivity contribution < 1.29 is 4.52 Å². The number of nitrogens with one attached hydrogen (secondary N) is 1. The second kappa shape index (κ2) is 6.44. The van der Waals surface area contributed by atoms with Crippen molar-refractivity contribution in [2.75, 3.05) is 7.05 Å². The predicted octanol–water partition coefficient (Wildman–Crippen LogP) is 2.86. The molecule has 6 nitrogen and oxygen atoms in total. The van der Waals surface area contributed by atoms with Gasteiger partial charge in [-0.15, -0.1) is 0 Å². The van der Waals surface area contributed by atoms with Crippen molar-refractivity contribution in [3.8, 4) is 22.8 Å². The molecule has 3 aromatic rings. The maximum atomic E-state index is 5.30. The zero-order valence-corrected chi connectivity index (χ0v) is 12.5. The Bertz CT molecular complexity index is 720. The van der Waals surface area contributed by atoms with E-state index in [9.17, 15) is 0 Å². The van der Waals surface area contributed by atoms with Crippen molar-refractivity contribution in [3.63, 3.8) is 0 Å². The van der Waals surface area contributed by atoms with Crippen LogP contribution in [0, 0.1) is 0 Å². The first-order chi connectivity index (χ1) is 10.8. The molecule has 1 atom stereocenters. The van der Waals surface area contributed by atoms with Gasteiger partial charge in [-0.1, -0.05) is 18.1 Å². The third-order valence-corrected chi connectivity index (χ3v) is 3.45. The monoisotopic (exact) mass is 295 g/mol. The summed E-state index contributed by atoms with van der Waals surface area (Å²) in [5, 5.41) is 7.14. The minimum atomic E-state index is 0.0639. The van der Waals surface area contributed by atoms with Crippen molar-refractivity contribution in [1.82, 2.24) is 25.4 Å². The van der Waals surface area contributed by atoms with Crippen LogP contribution in [0.3, 0.4) is 0 Å². The number of pyridine rings is 2. The van der Waals surface area contributed by atoms with Gasteiger partial charge in [0.25, 0.3) is 0 Å². The quantitative estimate of drug-likeness (QED) is 0.780. The number of aromatic nitrogens is 4. The summed E-state index contributed by atoms with van der Waals surface area (Å²) in [6.45, 7) is 2.06. The van der Waals surface area contributed by atoms with Crippen molar-refractivity contribution >= 4 is 0 Å². The third kappa shape index (κ3) is 2.87. The fourth-order valence-electron chi connectivity index (χ4n) is 2.19. The van der Waals surface area contributed by atoms with E-state index >= 15 is 0 Å².